The molecule has 4 rings (SSSR count). The van der Waals surface area contributed by atoms with Gasteiger partial charge in [-0.2, -0.15) is 15.2 Å². The highest BCUT2D eigenvalue weighted by atomic mass is 16.5. The van der Waals surface area contributed by atoms with E-state index in [1.807, 2.05) is 11.8 Å². The molecule has 1 N–H and O–H groups in total. The molecule has 2 aromatic rings. The summed E-state index contributed by atoms with van der Waals surface area (Å²) < 4.78 is 11.3. The highest BCUT2D eigenvalue weighted by Crippen LogP contribution is 2.31. The minimum absolute atomic E-state index is 0.0304. The Bertz CT molecular complexity index is 1340. The molecule has 0 spiro atoms. The Morgan fingerprint density at radius 1 is 1.24 bits per heavy atom. The van der Waals surface area contributed by atoms with Crippen LogP contribution in [0.5, 0.6) is 17.5 Å². The van der Waals surface area contributed by atoms with Crippen molar-refractivity contribution in [3.63, 3.8) is 0 Å². The molecule has 1 amide bonds. The fourth-order valence-electron chi connectivity index (χ4n) is 5.66. The number of hydrogen-bond acceptors (Lipinski definition) is 10. The number of benzene rings is 1. The standard InChI is InChI=1S/C31H40N6O5/c1-5-8-25-29(27(39)17-21-10-11-24(41-4)18-26(21)38)33-31(42-20-23-9-7-14-35(23)3)34-30(25)36-15-16-37(28(40)6-2)22(19-36)12-13-32/h6,10-11,18,22-23,38H,2,5,7-9,12,14-17,19-20H2,1,3-4H3. The fourth-order valence-corrected chi connectivity index (χ4v) is 5.66. The predicted molar refractivity (Wildman–Crippen MR) is 158 cm³/mol. The molecule has 11 nitrogen and oxygen atoms in total. The first-order valence-corrected chi connectivity index (χ1v) is 14.5. The molecule has 42 heavy (non-hydrogen) atoms. The lowest BCUT2D eigenvalue weighted by Gasteiger charge is -2.41. The number of aromatic hydroxyl groups is 1. The van der Waals surface area contributed by atoms with Crippen LogP contribution in [0.25, 0.3) is 0 Å². The molecule has 2 aliphatic rings. The van der Waals surface area contributed by atoms with Gasteiger partial charge >= 0.3 is 6.01 Å². The topological polar surface area (TPSA) is 132 Å². The van der Waals surface area contributed by atoms with Crippen LogP contribution in [0.2, 0.25) is 0 Å². The quantitative estimate of drug-likeness (QED) is 0.297. The van der Waals surface area contributed by atoms with Gasteiger partial charge < -0.3 is 29.3 Å². The summed E-state index contributed by atoms with van der Waals surface area (Å²) >= 11 is 0. The van der Waals surface area contributed by atoms with Crippen LogP contribution in [-0.4, -0.2) is 95.6 Å². The number of aromatic nitrogens is 2. The second-order valence-corrected chi connectivity index (χ2v) is 10.8. The van der Waals surface area contributed by atoms with E-state index >= 15 is 0 Å². The van der Waals surface area contributed by atoms with Gasteiger partial charge in [0.1, 0.15) is 29.6 Å². The first kappa shape index (κ1) is 30.8. The van der Waals surface area contributed by atoms with E-state index in [-0.39, 0.29) is 54.1 Å². The number of likely N-dealkylation sites (tertiary alicyclic amines) is 1. The number of methoxy groups -OCH3 is 1. The number of carbonyl (C=O) groups excluding carboxylic acids is 2. The van der Waals surface area contributed by atoms with Gasteiger partial charge in [-0.15, -0.1) is 0 Å². The maximum Gasteiger partial charge on any atom is 0.319 e. The number of carbonyl (C=O) groups is 2. The van der Waals surface area contributed by atoms with Crippen molar-refractivity contribution < 1.29 is 24.2 Å². The lowest BCUT2D eigenvalue weighted by Crippen LogP contribution is -2.55. The van der Waals surface area contributed by atoms with E-state index in [1.54, 1.807) is 17.0 Å². The van der Waals surface area contributed by atoms with Crippen molar-refractivity contribution in [2.75, 3.05) is 51.8 Å². The van der Waals surface area contributed by atoms with Crippen LogP contribution in [0.1, 0.15) is 54.2 Å². The van der Waals surface area contributed by atoms with Gasteiger partial charge in [-0.25, -0.2) is 0 Å². The monoisotopic (exact) mass is 576 g/mol. The normalized spacial score (nSPS) is 18.9. The summed E-state index contributed by atoms with van der Waals surface area (Å²) in [4.78, 5) is 41.7. The summed E-state index contributed by atoms with van der Waals surface area (Å²) in [6.45, 7) is 8.25. The number of phenolic OH excluding ortho intramolecular Hbond substituents is 1. The molecular weight excluding hydrogens is 536 g/mol. The van der Waals surface area contributed by atoms with Crippen LogP contribution < -0.4 is 14.4 Å². The van der Waals surface area contributed by atoms with E-state index in [9.17, 15) is 20.0 Å². The molecule has 0 bridgehead atoms. The van der Waals surface area contributed by atoms with Gasteiger partial charge in [-0.1, -0.05) is 26.0 Å². The van der Waals surface area contributed by atoms with Crippen LogP contribution in [0.3, 0.4) is 0 Å². The highest BCUT2D eigenvalue weighted by Gasteiger charge is 2.33. The van der Waals surface area contributed by atoms with Crippen molar-refractivity contribution >= 4 is 17.5 Å². The Morgan fingerprint density at radius 2 is 2.05 bits per heavy atom. The third-order valence-corrected chi connectivity index (χ3v) is 8.02. The highest BCUT2D eigenvalue weighted by molar-refractivity contribution is 5.98. The number of piperazine rings is 1. The molecule has 2 unspecified atom stereocenters. The van der Waals surface area contributed by atoms with E-state index in [0.29, 0.717) is 55.4 Å². The number of anilines is 1. The molecule has 2 fully saturated rings. The number of nitrogens with zero attached hydrogens (tertiary/aromatic N) is 6. The zero-order chi connectivity index (χ0) is 30.2. The second kappa shape index (κ2) is 14.1. The summed E-state index contributed by atoms with van der Waals surface area (Å²) in [7, 11) is 3.57. The lowest BCUT2D eigenvalue weighted by atomic mass is 9.99. The van der Waals surface area contributed by atoms with Gasteiger partial charge in [0, 0.05) is 49.3 Å². The van der Waals surface area contributed by atoms with Crippen molar-refractivity contribution in [1.82, 2.24) is 19.8 Å². The van der Waals surface area contributed by atoms with E-state index < -0.39 is 0 Å². The third-order valence-electron chi connectivity index (χ3n) is 8.02. The van der Waals surface area contributed by atoms with Gasteiger partial charge in [0.2, 0.25) is 5.91 Å². The molecule has 0 saturated carbocycles. The Morgan fingerprint density at radius 3 is 2.69 bits per heavy atom. The second-order valence-electron chi connectivity index (χ2n) is 10.8. The van der Waals surface area contributed by atoms with Crippen molar-refractivity contribution in [3.8, 4) is 23.6 Å². The molecule has 0 radical (unpaired) electrons. The number of phenols is 1. The maximum absolute atomic E-state index is 13.8. The summed E-state index contributed by atoms with van der Waals surface area (Å²) in [5, 5.41) is 20.0. The number of ketones is 1. The Hall–Kier alpha value is -4.17. The number of nitriles is 1. The van der Waals surface area contributed by atoms with E-state index in [1.165, 1.54) is 19.3 Å². The van der Waals surface area contributed by atoms with Crippen LogP contribution in [-0.2, 0) is 17.6 Å². The summed E-state index contributed by atoms with van der Waals surface area (Å²) in [6.07, 6.45) is 4.75. The number of ether oxygens (including phenoxy) is 2. The lowest BCUT2D eigenvalue weighted by molar-refractivity contribution is -0.128. The number of likely N-dealkylation sites (N-methyl/N-ethyl adjacent to an activating group) is 1. The molecule has 2 saturated heterocycles. The largest absolute Gasteiger partial charge is 0.508 e. The molecule has 3 heterocycles. The van der Waals surface area contributed by atoms with Crippen molar-refractivity contribution in [3.05, 3.63) is 47.7 Å². The number of rotatable bonds is 12. The number of hydrogen-bond donors (Lipinski definition) is 1. The molecular formula is C31H40N6O5. The molecule has 2 atom stereocenters. The zero-order valence-corrected chi connectivity index (χ0v) is 24.7. The number of amides is 1. The minimum Gasteiger partial charge on any atom is -0.508 e. The van der Waals surface area contributed by atoms with Crippen LogP contribution in [0.4, 0.5) is 5.82 Å². The van der Waals surface area contributed by atoms with Gasteiger partial charge in [0.05, 0.1) is 25.6 Å². The van der Waals surface area contributed by atoms with E-state index in [0.717, 1.165) is 25.8 Å². The zero-order valence-electron chi connectivity index (χ0n) is 24.7. The Kier molecular flexibility index (Phi) is 10.4. The first-order valence-electron chi connectivity index (χ1n) is 14.5. The SMILES string of the molecule is C=CC(=O)N1CCN(c2nc(OCC3CCCN3C)nc(C(=O)Cc3ccc(OC)cc3O)c2CCC)CC1CC#N. The Labute approximate surface area is 247 Å². The average Bonchev–Trinajstić information content (AvgIpc) is 3.41. The average molecular weight is 577 g/mol. The predicted octanol–water partition coefficient (Wildman–Crippen LogP) is 3.16. The summed E-state index contributed by atoms with van der Waals surface area (Å²) in [5.74, 6) is 0.564. The van der Waals surface area contributed by atoms with E-state index in [2.05, 4.69) is 29.6 Å². The third kappa shape index (κ3) is 6.99. The van der Waals surface area contributed by atoms with Crippen molar-refractivity contribution in [2.24, 2.45) is 0 Å². The van der Waals surface area contributed by atoms with Crippen molar-refractivity contribution in [2.45, 2.75) is 57.5 Å². The molecule has 224 valence electrons. The Balaban J connectivity index is 1.72. The maximum atomic E-state index is 13.8. The van der Waals surface area contributed by atoms with Crippen molar-refractivity contribution in [1.29, 1.82) is 5.26 Å². The van der Waals surface area contributed by atoms with Gasteiger partial charge in [-0.3, -0.25) is 9.59 Å². The van der Waals surface area contributed by atoms with Crippen LogP contribution >= 0.6 is 0 Å². The molecule has 2 aliphatic heterocycles. The van der Waals surface area contributed by atoms with E-state index in [4.69, 9.17) is 14.5 Å². The molecule has 1 aromatic carbocycles. The molecule has 0 aliphatic carbocycles. The fraction of sp³-hybridized carbons (Fsp3) is 0.516. The summed E-state index contributed by atoms with van der Waals surface area (Å²) in [6, 6.07) is 7.04. The van der Waals surface area contributed by atoms with Crippen LogP contribution in [0, 0.1) is 11.3 Å². The van der Waals surface area contributed by atoms with Gasteiger partial charge in [-0.05, 0) is 45.0 Å². The molecule has 11 heteroatoms. The van der Waals surface area contributed by atoms with Gasteiger partial charge in [0.15, 0.2) is 5.78 Å². The minimum atomic E-state index is -0.356. The smallest absolute Gasteiger partial charge is 0.319 e. The van der Waals surface area contributed by atoms with Crippen LogP contribution in [0.15, 0.2) is 30.9 Å². The first-order chi connectivity index (χ1) is 20.3. The van der Waals surface area contributed by atoms with Gasteiger partial charge in [0.25, 0.3) is 0 Å². The molecule has 1 aromatic heterocycles. The number of Topliss-reactive ketones (excluding diaryl/α,β-unsaturated/α-hetero) is 1. The summed E-state index contributed by atoms with van der Waals surface area (Å²) in [5.41, 5.74) is 1.41.